The molecule has 1 aromatic rings. The third kappa shape index (κ3) is 8.20. The van der Waals surface area contributed by atoms with Gasteiger partial charge in [0.1, 0.15) is 11.8 Å². The summed E-state index contributed by atoms with van der Waals surface area (Å²) in [6, 6.07) is 7.62. The molecule has 0 aromatic heterocycles. The van der Waals surface area contributed by atoms with Gasteiger partial charge in [0.15, 0.2) is 0 Å². The molecule has 0 unspecified atom stereocenters. The highest BCUT2D eigenvalue weighted by Gasteiger charge is 2.42. The molecule has 2 saturated heterocycles. The lowest BCUT2D eigenvalue weighted by Crippen LogP contribution is -2.56. The summed E-state index contributed by atoms with van der Waals surface area (Å²) in [7, 11) is 0. The Kier molecular flexibility index (Phi) is 11.1. The van der Waals surface area contributed by atoms with Crippen molar-refractivity contribution in [1.82, 2.24) is 15.5 Å². The molecule has 1 spiro atoms. The molecule has 1 aromatic carbocycles. The fraction of sp³-hybridized carbons (Fsp3) is 0.724. The van der Waals surface area contributed by atoms with Crippen molar-refractivity contribution in [3.05, 3.63) is 29.8 Å². The molecular formula is C29H47N3O4. The second-order valence-electron chi connectivity index (χ2n) is 11.0. The minimum absolute atomic E-state index is 0.0543. The summed E-state index contributed by atoms with van der Waals surface area (Å²) in [5, 5.41) is 6.25. The van der Waals surface area contributed by atoms with Crippen molar-refractivity contribution in [3.8, 4) is 5.75 Å². The summed E-state index contributed by atoms with van der Waals surface area (Å²) < 4.78 is 11.6. The normalized spacial score (nSPS) is 24.7. The monoisotopic (exact) mass is 501 g/mol. The first-order chi connectivity index (χ1) is 17.3. The number of rotatable bonds is 6. The smallest absolute Gasteiger partial charge is 0.242 e. The second-order valence-corrected chi connectivity index (χ2v) is 11.0. The Labute approximate surface area is 217 Å². The molecular weight excluding hydrogens is 454 g/mol. The van der Waals surface area contributed by atoms with Gasteiger partial charge in [-0.1, -0.05) is 44.9 Å². The number of ether oxygens (including phenoxy) is 2. The molecule has 2 amide bonds. The summed E-state index contributed by atoms with van der Waals surface area (Å²) in [5.41, 5.74) is 0.760. The van der Waals surface area contributed by atoms with E-state index < -0.39 is 11.5 Å². The van der Waals surface area contributed by atoms with E-state index in [2.05, 4.69) is 41.5 Å². The Morgan fingerprint density at radius 3 is 2.56 bits per heavy atom. The van der Waals surface area contributed by atoms with Crippen molar-refractivity contribution < 1.29 is 19.1 Å². The van der Waals surface area contributed by atoms with E-state index in [0.717, 1.165) is 63.9 Å². The number of piperidine rings is 1. The quantitative estimate of drug-likeness (QED) is 0.608. The topological polar surface area (TPSA) is 79.9 Å². The van der Waals surface area contributed by atoms with Gasteiger partial charge < -0.3 is 20.1 Å². The molecule has 0 aliphatic carbocycles. The molecule has 36 heavy (non-hydrogen) atoms. The van der Waals surface area contributed by atoms with Gasteiger partial charge >= 0.3 is 0 Å². The lowest BCUT2D eigenvalue weighted by molar-refractivity contribution is -0.139. The molecule has 0 saturated carbocycles. The first kappa shape index (κ1) is 28.5. The molecule has 0 radical (unpaired) electrons. The van der Waals surface area contributed by atoms with Crippen LogP contribution in [0.2, 0.25) is 0 Å². The number of hydrogen-bond acceptors (Lipinski definition) is 5. The van der Waals surface area contributed by atoms with Crippen LogP contribution in [0.4, 0.5) is 0 Å². The Hall–Kier alpha value is -2.12. The van der Waals surface area contributed by atoms with Crippen LogP contribution in [0.3, 0.4) is 0 Å². The van der Waals surface area contributed by atoms with Crippen LogP contribution in [0, 0.1) is 11.3 Å². The fourth-order valence-corrected chi connectivity index (χ4v) is 5.41. The highest BCUT2D eigenvalue weighted by Crippen LogP contribution is 2.38. The van der Waals surface area contributed by atoms with Crippen LogP contribution >= 0.6 is 0 Å². The standard InChI is InChI=1S/C29H47N3O4/c1-5-36-26-12-8-7-11-24(26)20-32-16-14-29(15-17-32)13-9-6-10-18-35-21-23(4)30-27(33)25(19-22(2)3)31-28(29)34/h7-8,11-12,22-23,25H,5-6,9-10,13-21H2,1-4H3,(H,30,33)(H,31,34)/t23-,25+/m1/s1. The number of likely N-dealkylation sites (tertiary alicyclic amines) is 1. The number of benzene rings is 1. The highest BCUT2D eigenvalue weighted by atomic mass is 16.5. The Bertz CT molecular complexity index is 836. The number of carbonyl (C=O) groups is 2. The zero-order valence-corrected chi connectivity index (χ0v) is 22.8. The molecule has 2 heterocycles. The van der Waals surface area contributed by atoms with Gasteiger partial charge in [-0.3, -0.25) is 14.5 Å². The van der Waals surface area contributed by atoms with Gasteiger partial charge in [0, 0.05) is 24.8 Å². The predicted molar refractivity (Wildman–Crippen MR) is 143 cm³/mol. The maximum absolute atomic E-state index is 13.8. The largest absolute Gasteiger partial charge is 0.494 e. The van der Waals surface area contributed by atoms with Crippen molar-refractivity contribution in [2.45, 2.75) is 91.3 Å². The maximum Gasteiger partial charge on any atom is 0.242 e. The average Bonchev–Trinajstić information content (AvgIpc) is 2.84. The van der Waals surface area contributed by atoms with Crippen LogP contribution in [-0.4, -0.2) is 61.7 Å². The summed E-state index contributed by atoms with van der Waals surface area (Å²) in [6.07, 6.45) is 6.12. The molecule has 2 atom stereocenters. The lowest BCUT2D eigenvalue weighted by Gasteiger charge is -2.42. The number of nitrogens with zero attached hydrogens (tertiary/aromatic N) is 1. The summed E-state index contributed by atoms with van der Waals surface area (Å²) in [4.78, 5) is 29.3. The lowest BCUT2D eigenvalue weighted by atomic mass is 9.73. The van der Waals surface area contributed by atoms with Gasteiger partial charge in [-0.25, -0.2) is 0 Å². The van der Waals surface area contributed by atoms with Gasteiger partial charge in [-0.15, -0.1) is 0 Å². The van der Waals surface area contributed by atoms with Crippen LogP contribution in [0.15, 0.2) is 24.3 Å². The van der Waals surface area contributed by atoms with E-state index in [9.17, 15) is 9.59 Å². The van der Waals surface area contributed by atoms with Crippen LogP contribution < -0.4 is 15.4 Å². The molecule has 0 bridgehead atoms. The molecule has 7 heteroatoms. The van der Waals surface area contributed by atoms with Crippen LogP contribution in [0.25, 0.3) is 0 Å². The van der Waals surface area contributed by atoms with E-state index >= 15 is 0 Å². The first-order valence-electron chi connectivity index (χ1n) is 13.9. The van der Waals surface area contributed by atoms with Gasteiger partial charge in [-0.2, -0.15) is 0 Å². The highest BCUT2D eigenvalue weighted by molar-refractivity contribution is 5.90. The number of carbonyl (C=O) groups excluding carboxylic acids is 2. The first-order valence-corrected chi connectivity index (χ1v) is 13.9. The zero-order valence-electron chi connectivity index (χ0n) is 22.8. The summed E-state index contributed by atoms with van der Waals surface area (Å²) >= 11 is 0. The minimum Gasteiger partial charge on any atom is -0.494 e. The van der Waals surface area contributed by atoms with Crippen molar-refractivity contribution >= 4 is 11.8 Å². The van der Waals surface area contributed by atoms with E-state index in [1.165, 1.54) is 5.56 Å². The van der Waals surface area contributed by atoms with E-state index in [1.54, 1.807) is 0 Å². The Morgan fingerprint density at radius 2 is 1.83 bits per heavy atom. The van der Waals surface area contributed by atoms with Gasteiger partial charge in [-0.05, 0) is 71.0 Å². The van der Waals surface area contributed by atoms with Crippen LogP contribution in [-0.2, 0) is 20.9 Å². The molecule has 2 N–H and O–H groups in total. The van der Waals surface area contributed by atoms with Gasteiger partial charge in [0.25, 0.3) is 0 Å². The maximum atomic E-state index is 13.8. The van der Waals surface area contributed by atoms with Crippen molar-refractivity contribution in [1.29, 1.82) is 0 Å². The predicted octanol–water partition coefficient (Wildman–Crippen LogP) is 4.29. The molecule has 202 valence electrons. The number of nitrogens with one attached hydrogen (secondary N) is 2. The second kappa shape index (κ2) is 14.0. The van der Waals surface area contributed by atoms with E-state index in [4.69, 9.17) is 9.47 Å². The Balaban J connectivity index is 1.72. The fourth-order valence-electron chi connectivity index (χ4n) is 5.41. The third-order valence-electron chi connectivity index (χ3n) is 7.49. The summed E-state index contributed by atoms with van der Waals surface area (Å²) in [6.45, 7) is 12.5. The van der Waals surface area contributed by atoms with Crippen molar-refractivity contribution in [2.75, 3.05) is 32.9 Å². The SMILES string of the molecule is CCOc1ccccc1CN1CCC2(CCCCCOC[C@@H](C)NC(=O)[C@H](CC(C)C)NC2=O)CC1. The van der Waals surface area contributed by atoms with Gasteiger partial charge in [0.05, 0.1) is 18.6 Å². The van der Waals surface area contributed by atoms with Crippen LogP contribution in [0.1, 0.15) is 78.2 Å². The van der Waals surface area contributed by atoms with Crippen LogP contribution in [0.5, 0.6) is 5.75 Å². The molecule has 2 fully saturated rings. The molecule has 3 rings (SSSR count). The number of para-hydroxylation sites is 1. The van der Waals surface area contributed by atoms with Crippen molar-refractivity contribution in [3.63, 3.8) is 0 Å². The summed E-state index contributed by atoms with van der Waals surface area (Å²) in [5.74, 6) is 1.19. The molecule has 2 aliphatic rings. The van der Waals surface area contributed by atoms with Gasteiger partial charge in [0.2, 0.25) is 11.8 Å². The molecule has 7 nitrogen and oxygen atoms in total. The number of amides is 2. The molecule has 2 aliphatic heterocycles. The third-order valence-corrected chi connectivity index (χ3v) is 7.49. The number of hydrogen-bond donors (Lipinski definition) is 2. The van der Waals surface area contributed by atoms with E-state index in [1.807, 2.05) is 26.0 Å². The zero-order chi connectivity index (χ0) is 26.0. The van der Waals surface area contributed by atoms with E-state index in [0.29, 0.717) is 32.2 Å². The average molecular weight is 502 g/mol. The Morgan fingerprint density at radius 1 is 1.08 bits per heavy atom. The van der Waals surface area contributed by atoms with Crippen molar-refractivity contribution in [2.24, 2.45) is 11.3 Å². The van der Waals surface area contributed by atoms with E-state index in [-0.39, 0.29) is 17.9 Å². The minimum atomic E-state index is -0.518.